The first-order valence-corrected chi connectivity index (χ1v) is 11.2. The molecule has 3 aromatic carbocycles. The number of halogens is 2. The zero-order chi connectivity index (χ0) is 24.3. The fourth-order valence-electron chi connectivity index (χ4n) is 4.52. The lowest BCUT2D eigenvalue weighted by atomic mass is 9.83. The molecule has 0 bridgehead atoms. The lowest BCUT2D eigenvalue weighted by Crippen LogP contribution is -2.50. The van der Waals surface area contributed by atoms with Crippen LogP contribution in [0, 0.1) is 11.6 Å². The van der Waals surface area contributed by atoms with Crippen molar-refractivity contribution in [2.75, 3.05) is 13.2 Å². The minimum atomic E-state index is -1.03. The molecule has 0 saturated carbocycles. The molecule has 4 rings (SSSR count). The number of hydrogen-bond acceptors (Lipinski definition) is 4. The number of cyclic esters (lactones) is 1. The molecule has 1 aliphatic rings. The Hall–Kier alpha value is -3.29. The second-order valence-electron chi connectivity index (χ2n) is 8.63. The van der Waals surface area contributed by atoms with E-state index in [4.69, 9.17) is 4.74 Å². The number of ether oxygens (including phenoxy) is 1. The smallest absolute Gasteiger partial charge is 0.411 e. The normalized spacial score (nSPS) is 20.0. The number of carbonyl (C=O) groups is 1. The first kappa shape index (κ1) is 23.9. The maximum Gasteiger partial charge on any atom is 0.411 e. The Bertz CT molecular complexity index is 1140. The minimum absolute atomic E-state index is 0.0966. The second-order valence-corrected chi connectivity index (χ2v) is 8.63. The highest BCUT2D eigenvalue weighted by atomic mass is 19.1. The van der Waals surface area contributed by atoms with Gasteiger partial charge < -0.3 is 19.8 Å². The van der Waals surface area contributed by atoms with E-state index < -0.39 is 36.0 Å². The summed E-state index contributed by atoms with van der Waals surface area (Å²) in [5.41, 5.74) is 1.49. The molecule has 178 valence electrons. The first-order chi connectivity index (χ1) is 16.3. The van der Waals surface area contributed by atoms with Gasteiger partial charge in [0, 0.05) is 31.0 Å². The molecule has 1 saturated heterocycles. The van der Waals surface area contributed by atoms with Crippen LogP contribution in [0.4, 0.5) is 13.6 Å². The standard InChI is InChI=1S/C27H27F2NO4/c1-18(19-7-9-20(10-8-19)24-12-11-22(28)15-25(24)29)30-14-13-27(34-26(30)33,16-23(32)17-31)21-5-3-2-4-6-21/h2-12,15,18,23,31-32H,13-14,16-17H2,1H3. The number of aliphatic hydroxyl groups is 2. The van der Waals surface area contributed by atoms with Gasteiger partial charge in [0.15, 0.2) is 0 Å². The summed E-state index contributed by atoms with van der Waals surface area (Å²) in [6.07, 6.45) is -0.986. The third-order valence-corrected chi connectivity index (χ3v) is 6.45. The summed E-state index contributed by atoms with van der Waals surface area (Å²) in [7, 11) is 0. The minimum Gasteiger partial charge on any atom is -0.438 e. The van der Waals surface area contributed by atoms with E-state index in [1.54, 1.807) is 17.0 Å². The van der Waals surface area contributed by atoms with Crippen molar-refractivity contribution in [2.24, 2.45) is 0 Å². The second kappa shape index (κ2) is 9.91. The molecule has 1 fully saturated rings. The van der Waals surface area contributed by atoms with Crippen LogP contribution in [0.15, 0.2) is 72.8 Å². The van der Waals surface area contributed by atoms with Crippen LogP contribution >= 0.6 is 0 Å². The van der Waals surface area contributed by atoms with Crippen molar-refractivity contribution in [3.8, 4) is 11.1 Å². The Morgan fingerprint density at radius 3 is 2.38 bits per heavy atom. The summed E-state index contributed by atoms with van der Waals surface area (Å²) in [6, 6.07) is 19.5. The summed E-state index contributed by atoms with van der Waals surface area (Å²) >= 11 is 0. The fraction of sp³-hybridized carbons (Fsp3) is 0.296. The van der Waals surface area contributed by atoms with Gasteiger partial charge in [-0.1, -0.05) is 54.6 Å². The molecule has 5 nitrogen and oxygen atoms in total. The topological polar surface area (TPSA) is 70.0 Å². The summed E-state index contributed by atoms with van der Waals surface area (Å²) < 4.78 is 33.3. The van der Waals surface area contributed by atoms with E-state index >= 15 is 0 Å². The summed E-state index contributed by atoms with van der Waals surface area (Å²) in [5.74, 6) is -1.27. The third-order valence-electron chi connectivity index (χ3n) is 6.45. The molecule has 7 heteroatoms. The van der Waals surface area contributed by atoms with Crippen LogP contribution in [0.3, 0.4) is 0 Å². The van der Waals surface area contributed by atoms with Gasteiger partial charge >= 0.3 is 6.09 Å². The van der Waals surface area contributed by atoms with Crippen LogP contribution in [0.5, 0.6) is 0 Å². The average molecular weight is 468 g/mol. The lowest BCUT2D eigenvalue weighted by Gasteiger charge is -2.44. The van der Waals surface area contributed by atoms with E-state index in [0.29, 0.717) is 24.1 Å². The van der Waals surface area contributed by atoms with Crippen LogP contribution in [-0.4, -0.2) is 40.5 Å². The molecule has 0 spiro atoms. The van der Waals surface area contributed by atoms with Gasteiger partial charge in [-0.2, -0.15) is 0 Å². The molecule has 1 amide bonds. The van der Waals surface area contributed by atoms with Gasteiger partial charge in [0.1, 0.15) is 17.2 Å². The highest BCUT2D eigenvalue weighted by Crippen LogP contribution is 2.40. The molecule has 34 heavy (non-hydrogen) atoms. The predicted octanol–water partition coefficient (Wildman–Crippen LogP) is 5.17. The molecule has 0 radical (unpaired) electrons. The maximum atomic E-state index is 14.1. The Kier molecular flexibility index (Phi) is 6.95. The van der Waals surface area contributed by atoms with E-state index in [0.717, 1.165) is 17.2 Å². The number of carbonyl (C=O) groups excluding carboxylic acids is 1. The number of hydrogen-bond donors (Lipinski definition) is 2. The highest BCUT2D eigenvalue weighted by molar-refractivity contribution is 5.70. The van der Waals surface area contributed by atoms with E-state index in [-0.39, 0.29) is 12.5 Å². The summed E-state index contributed by atoms with van der Waals surface area (Å²) in [6.45, 7) is 1.85. The first-order valence-electron chi connectivity index (χ1n) is 11.2. The number of benzene rings is 3. The SMILES string of the molecule is CC(c1ccc(-c2ccc(F)cc2F)cc1)N1CCC(CC(O)CO)(c2ccccc2)OC1=O. The van der Waals surface area contributed by atoms with E-state index in [1.807, 2.05) is 49.4 Å². The zero-order valence-electron chi connectivity index (χ0n) is 18.8. The van der Waals surface area contributed by atoms with E-state index in [1.165, 1.54) is 12.1 Å². The third kappa shape index (κ3) is 4.81. The number of aliphatic hydroxyl groups excluding tert-OH is 2. The Balaban J connectivity index is 1.53. The van der Waals surface area contributed by atoms with Gasteiger partial charge in [0.05, 0.1) is 18.8 Å². The van der Waals surface area contributed by atoms with Crippen molar-refractivity contribution in [1.82, 2.24) is 4.90 Å². The average Bonchev–Trinajstić information content (AvgIpc) is 2.84. The molecule has 0 aliphatic carbocycles. The number of nitrogens with zero attached hydrogens (tertiary/aromatic N) is 1. The van der Waals surface area contributed by atoms with Gasteiger partial charge in [-0.3, -0.25) is 0 Å². The van der Waals surface area contributed by atoms with Crippen molar-refractivity contribution in [2.45, 2.75) is 37.5 Å². The van der Waals surface area contributed by atoms with Crippen molar-refractivity contribution in [1.29, 1.82) is 0 Å². The maximum absolute atomic E-state index is 14.1. The molecule has 1 aliphatic heterocycles. The Labute approximate surface area is 197 Å². The van der Waals surface area contributed by atoms with Gasteiger partial charge in [-0.25, -0.2) is 13.6 Å². The van der Waals surface area contributed by atoms with Crippen molar-refractivity contribution < 1.29 is 28.5 Å². The van der Waals surface area contributed by atoms with Gasteiger partial charge in [0.25, 0.3) is 0 Å². The van der Waals surface area contributed by atoms with Crippen molar-refractivity contribution >= 4 is 6.09 Å². The summed E-state index contributed by atoms with van der Waals surface area (Å²) in [4.78, 5) is 14.7. The zero-order valence-corrected chi connectivity index (χ0v) is 18.8. The lowest BCUT2D eigenvalue weighted by molar-refractivity contribution is -0.0892. The molecular formula is C27H27F2NO4. The van der Waals surface area contributed by atoms with Crippen LogP contribution < -0.4 is 0 Å². The Morgan fingerprint density at radius 1 is 1.06 bits per heavy atom. The van der Waals surface area contributed by atoms with Crippen LogP contribution in [0.25, 0.3) is 11.1 Å². The quantitative estimate of drug-likeness (QED) is 0.503. The number of rotatable bonds is 7. The van der Waals surface area contributed by atoms with E-state index in [9.17, 15) is 23.8 Å². The van der Waals surface area contributed by atoms with Crippen molar-refractivity contribution in [3.63, 3.8) is 0 Å². The van der Waals surface area contributed by atoms with Crippen LogP contribution in [-0.2, 0) is 10.3 Å². The number of amides is 1. The molecule has 3 aromatic rings. The Morgan fingerprint density at radius 2 is 1.76 bits per heavy atom. The molecule has 3 unspecified atom stereocenters. The van der Waals surface area contributed by atoms with Crippen molar-refractivity contribution in [3.05, 3.63) is 95.6 Å². The predicted molar refractivity (Wildman–Crippen MR) is 124 cm³/mol. The monoisotopic (exact) mass is 467 g/mol. The largest absolute Gasteiger partial charge is 0.438 e. The van der Waals surface area contributed by atoms with Gasteiger partial charge in [0.2, 0.25) is 0 Å². The summed E-state index contributed by atoms with van der Waals surface area (Å²) in [5, 5.41) is 19.5. The molecule has 2 N–H and O–H groups in total. The molecular weight excluding hydrogens is 440 g/mol. The van der Waals surface area contributed by atoms with Gasteiger partial charge in [-0.15, -0.1) is 0 Å². The molecule has 0 aromatic heterocycles. The van der Waals surface area contributed by atoms with E-state index in [2.05, 4.69) is 0 Å². The van der Waals surface area contributed by atoms with Crippen LogP contribution in [0.2, 0.25) is 0 Å². The van der Waals surface area contributed by atoms with Crippen LogP contribution in [0.1, 0.15) is 36.9 Å². The fourth-order valence-corrected chi connectivity index (χ4v) is 4.52. The van der Waals surface area contributed by atoms with Gasteiger partial charge in [-0.05, 0) is 35.7 Å². The molecule has 3 atom stereocenters. The molecule has 1 heterocycles. The highest BCUT2D eigenvalue weighted by Gasteiger charge is 2.44.